The Morgan fingerprint density at radius 1 is 1.53 bits per heavy atom. The Hall–Kier alpha value is -1.10. The molecule has 1 aromatic carbocycles. The van der Waals surface area contributed by atoms with Crippen molar-refractivity contribution in [1.29, 1.82) is 0 Å². The predicted molar refractivity (Wildman–Crippen MR) is 75.0 cm³/mol. The molecular formula is C14H19ClN2O2. The molecule has 0 bridgehead atoms. The van der Waals surface area contributed by atoms with Crippen LogP contribution in [-0.4, -0.2) is 41.1 Å². The van der Waals surface area contributed by atoms with Crippen LogP contribution in [0.1, 0.15) is 18.9 Å². The van der Waals surface area contributed by atoms with E-state index in [1.165, 1.54) is 0 Å². The van der Waals surface area contributed by atoms with Crippen LogP contribution in [0.2, 0.25) is 5.02 Å². The molecule has 0 aliphatic carbocycles. The Balaban J connectivity index is 1.78. The largest absolute Gasteiger partial charge is 0.389 e. The highest BCUT2D eigenvalue weighted by atomic mass is 35.5. The number of nitrogens with zero attached hydrogens (tertiary/aromatic N) is 1. The summed E-state index contributed by atoms with van der Waals surface area (Å²) in [7, 11) is 0. The van der Waals surface area contributed by atoms with E-state index in [9.17, 15) is 9.90 Å². The van der Waals surface area contributed by atoms with E-state index in [0.29, 0.717) is 31.1 Å². The van der Waals surface area contributed by atoms with Gasteiger partial charge in [0.2, 0.25) is 5.91 Å². The van der Waals surface area contributed by atoms with Gasteiger partial charge in [0.05, 0.1) is 12.1 Å². The zero-order valence-electron chi connectivity index (χ0n) is 11.0. The molecule has 1 amide bonds. The van der Waals surface area contributed by atoms with Gasteiger partial charge in [-0.15, -0.1) is 0 Å². The first kappa shape index (κ1) is 14.3. The van der Waals surface area contributed by atoms with Crippen molar-refractivity contribution >= 4 is 17.5 Å². The van der Waals surface area contributed by atoms with Crippen LogP contribution in [0.4, 0.5) is 0 Å². The average Bonchev–Trinajstić information content (AvgIpc) is 2.67. The number of benzene rings is 1. The van der Waals surface area contributed by atoms with E-state index in [2.05, 4.69) is 5.32 Å². The van der Waals surface area contributed by atoms with Crippen LogP contribution in [0.25, 0.3) is 0 Å². The fourth-order valence-electron chi connectivity index (χ4n) is 2.27. The van der Waals surface area contributed by atoms with Crippen molar-refractivity contribution in [2.24, 2.45) is 0 Å². The summed E-state index contributed by atoms with van der Waals surface area (Å²) in [5.74, 6) is -0.0439. The molecule has 1 fully saturated rings. The second-order valence-corrected chi connectivity index (χ2v) is 5.73. The van der Waals surface area contributed by atoms with Gasteiger partial charge in [0.1, 0.15) is 0 Å². The van der Waals surface area contributed by atoms with E-state index >= 15 is 0 Å². The van der Waals surface area contributed by atoms with Gasteiger partial charge in [0, 0.05) is 24.7 Å². The summed E-state index contributed by atoms with van der Waals surface area (Å²) in [5, 5.41) is 13.3. The van der Waals surface area contributed by atoms with E-state index in [0.717, 1.165) is 12.1 Å². The van der Waals surface area contributed by atoms with Crippen molar-refractivity contribution in [2.45, 2.75) is 25.5 Å². The molecule has 19 heavy (non-hydrogen) atoms. The topological polar surface area (TPSA) is 52.6 Å². The zero-order valence-corrected chi connectivity index (χ0v) is 11.8. The maximum Gasteiger partial charge on any atom is 0.234 e. The highest BCUT2D eigenvalue weighted by Crippen LogP contribution is 2.19. The van der Waals surface area contributed by atoms with Gasteiger partial charge >= 0.3 is 0 Å². The fourth-order valence-corrected chi connectivity index (χ4v) is 2.47. The molecular weight excluding hydrogens is 264 g/mol. The number of hydrogen-bond acceptors (Lipinski definition) is 3. The third kappa shape index (κ3) is 4.20. The van der Waals surface area contributed by atoms with E-state index in [1.807, 2.05) is 23.1 Å². The third-order valence-electron chi connectivity index (χ3n) is 3.33. The molecule has 1 heterocycles. The molecule has 0 saturated carbocycles. The van der Waals surface area contributed by atoms with Gasteiger partial charge in [0.25, 0.3) is 0 Å². The van der Waals surface area contributed by atoms with E-state index in [-0.39, 0.29) is 5.91 Å². The van der Waals surface area contributed by atoms with Gasteiger partial charge in [-0.25, -0.2) is 0 Å². The molecule has 5 heteroatoms. The number of hydrogen-bond donors (Lipinski definition) is 2. The summed E-state index contributed by atoms with van der Waals surface area (Å²) in [5.41, 5.74) is 0.245. The number of amides is 1. The van der Waals surface area contributed by atoms with Gasteiger partial charge in [-0.1, -0.05) is 29.8 Å². The summed E-state index contributed by atoms with van der Waals surface area (Å²) in [6, 6.07) is 7.45. The standard InChI is InChI=1S/C14H19ClN2O2/c1-14(19)6-7-17(10-14)9-13(18)16-8-11-4-2-3-5-12(11)15/h2-5,19H,6-10H2,1H3,(H,16,18). The Morgan fingerprint density at radius 3 is 2.89 bits per heavy atom. The molecule has 1 aliphatic heterocycles. The summed E-state index contributed by atoms with van der Waals surface area (Å²) in [6.45, 7) is 3.86. The van der Waals surface area contributed by atoms with Crippen molar-refractivity contribution in [3.8, 4) is 0 Å². The van der Waals surface area contributed by atoms with Gasteiger partial charge in [-0.3, -0.25) is 9.69 Å². The summed E-state index contributed by atoms with van der Waals surface area (Å²) in [6.07, 6.45) is 0.713. The normalized spacial score (nSPS) is 23.5. The lowest BCUT2D eigenvalue weighted by molar-refractivity contribution is -0.122. The van der Waals surface area contributed by atoms with Crippen LogP contribution in [0, 0.1) is 0 Å². The van der Waals surface area contributed by atoms with Crippen molar-refractivity contribution in [3.63, 3.8) is 0 Å². The lowest BCUT2D eigenvalue weighted by atomic mass is 10.1. The minimum atomic E-state index is -0.664. The Labute approximate surface area is 118 Å². The number of likely N-dealkylation sites (tertiary alicyclic amines) is 1. The lowest BCUT2D eigenvalue weighted by Crippen LogP contribution is -2.38. The monoisotopic (exact) mass is 282 g/mol. The number of aliphatic hydroxyl groups is 1. The molecule has 0 aromatic heterocycles. The minimum absolute atomic E-state index is 0.0439. The second kappa shape index (κ2) is 5.90. The quantitative estimate of drug-likeness (QED) is 0.878. The number of halogens is 1. The first-order valence-electron chi connectivity index (χ1n) is 6.41. The summed E-state index contributed by atoms with van der Waals surface area (Å²) in [4.78, 5) is 13.8. The Kier molecular flexibility index (Phi) is 4.45. The van der Waals surface area contributed by atoms with Crippen molar-refractivity contribution in [1.82, 2.24) is 10.2 Å². The lowest BCUT2D eigenvalue weighted by Gasteiger charge is -2.18. The van der Waals surface area contributed by atoms with Crippen LogP contribution >= 0.6 is 11.6 Å². The Bertz CT molecular complexity index is 463. The molecule has 1 aliphatic rings. The number of carbonyl (C=O) groups excluding carboxylic acids is 1. The third-order valence-corrected chi connectivity index (χ3v) is 3.70. The summed E-state index contributed by atoms with van der Waals surface area (Å²) >= 11 is 6.02. The zero-order chi connectivity index (χ0) is 13.9. The molecule has 4 nitrogen and oxygen atoms in total. The van der Waals surface area contributed by atoms with E-state index in [4.69, 9.17) is 11.6 Å². The molecule has 1 unspecified atom stereocenters. The number of carbonyl (C=O) groups is 1. The van der Waals surface area contributed by atoms with E-state index in [1.54, 1.807) is 13.0 Å². The van der Waals surface area contributed by atoms with Crippen LogP contribution < -0.4 is 5.32 Å². The maximum atomic E-state index is 11.8. The van der Waals surface area contributed by atoms with Crippen LogP contribution in [-0.2, 0) is 11.3 Å². The first-order valence-corrected chi connectivity index (χ1v) is 6.79. The fraction of sp³-hybridized carbons (Fsp3) is 0.500. The SMILES string of the molecule is CC1(O)CCN(CC(=O)NCc2ccccc2Cl)C1. The molecule has 1 aromatic rings. The molecule has 1 atom stereocenters. The first-order chi connectivity index (χ1) is 8.96. The summed E-state index contributed by atoms with van der Waals surface area (Å²) < 4.78 is 0. The van der Waals surface area contributed by atoms with Crippen molar-refractivity contribution < 1.29 is 9.90 Å². The molecule has 1 saturated heterocycles. The molecule has 2 rings (SSSR count). The van der Waals surface area contributed by atoms with Gasteiger partial charge in [0.15, 0.2) is 0 Å². The number of nitrogens with one attached hydrogen (secondary N) is 1. The van der Waals surface area contributed by atoms with Crippen LogP contribution in [0.15, 0.2) is 24.3 Å². The number of β-amino-alcohol motifs (C(OH)–C–C–N with tert-alkyl or cyclic N) is 1. The van der Waals surface area contributed by atoms with Gasteiger partial charge in [-0.2, -0.15) is 0 Å². The highest BCUT2D eigenvalue weighted by Gasteiger charge is 2.31. The molecule has 2 N–H and O–H groups in total. The van der Waals surface area contributed by atoms with Crippen molar-refractivity contribution in [2.75, 3.05) is 19.6 Å². The highest BCUT2D eigenvalue weighted by molar-refractivity contribution is 6.31. The minimum Gasteiger partial charge on any atom is -0.389 e. The number of rotatable bonds is 4. The van der Waals surface area contributed by atoms with E-state index < -0.39 is 5.60 Å². The van der Waals surface area contributed by atoms with Crippen LogP contribution in [0.5, 0.6) is 0 Å². The average molecular weight is 283 g/mol. The predicted octanol–water partition coefficient (Wildman–Crippen LogP) is 1.41. The smallest absolute Gasteiger partial charge is 0.234 e. The Morgan fingerprint density at radius 2 is 2.26 bits per heavy atom. The second-order valence-electron chi connectivity index (χ2n) is 5.33. The van der Waals surface area contributed by atoms with Crippen molar-refractivity contribution in [3.05, 3.63) is 34.9 Å². The van der Waals surface area contributed by atoms with Gasteiger partial charge < -0.3 is 10.4 Å². The molecule has 104 valence electrons. The van der Waals surface area contributed by atoms with Crippen LogP contribution in [0.3, 0.4) is 0 Å². The van der Waals surface area contributed by atoms with Gasteiger partial charge in [-0.05, 0) is 25.0 Å². The molecule has 0 radical (unpaired) electrons. The molecule has 0 spiro atoms. The maximum absolute atomic E-state index is 11.8.